The van der Waals surface area contributed by atoms with Crippen LogP contribution in [0.3, 0.4) is 0 Å². The van der Waals surface area contributed by atoms with Crippen molar-refractivity contribution in [2.45, 2.75) is 19.8 Å². The number of hydrogen-bond donors (Lipinski definition) is 0. The lowest BCUT2D eigenvalue weighted by Crippen LogP contribution is -2.11. The summed E-state index contributed by atoms with van der Waals surface area (Å²) in [4.78, 5) is 14.7. The molecule has 3 rings (SSSR count). The van der Waals surface area contributed by atoms with Crippen molar-refractivity contribution >= 4 is 22.1 Å². The lowest BCUT2D eigenvalue weighted by atomic mass is 9.90. The summed E-state index contributed by atoms with van der Waals surface area (Å²) in [5.74, 6) is 0.212. The minimum Gasteiger partial charge on any atom is -0.377 e. The molecule has 0 heterocycles. The Morgan fingerprint density at radius 2 is 1.91 bits per heavy atom. The van der Waals surface area contributed by atoms with E-state index in [9.17, 15) is 4.79 Å². The zero-order valence-corrected chi connectivity index (χ0v) is 13.4. The van der Waals surface area contributed by atoms with Crippen LogP contribution in [0.2, 0.25) is 0 Å². The topological polar surface area (TPSA) is 20.3 Å². The van der Waals surface area contributed by atoms with Crippen molar-refractivity contribution in [3.63, 3.8) is 0 Å². The van der Waals surface area contributed by atoms with Gasteiger partial charge < -0.3 is 4.90 Å². The SMILES string of the molecule is CCC(=O)c1c(C2=C(N(C)C)C=CC2)ccc2ccccc12. The van der Waals surface area contributed by atoms with Crippen LogP contribution in [-0.4, -0.2) is 24.8 Å². The van der Waals surface area contributed by atoms with E-state index in [-0.39, 0.29) is 5.78 Å². The second-order valence-corrected chi connectivity index (χ2v) is 5.85. The Kier molecular flexibility index (Phi) is 3.84. The number of fused-ring (bicyclic) bond motifs is 1. The van der Waals surface area contributed by atoms with Crippen LogP contribution in [0, 0.1) is 0 Å². The number of ketones is 1. The summed E-state index contributed by atoms with van der Waals surface area (Å²) in [6, 6.07) is 12.4. The molecule has 0 bridgehead atoms. The number of carbonyl (C=O) groups excluding carboxylic acids is 1. The monoisotopic (exact) mass is 291 g/mol. The Morgan fingerprint density at radius 1 is 1.14 bits per heavy atom. The smallest absolute Gasteiger partial charge is 0.163 e. The zero-order chi connectivity index (χ0) is 15.7. The number of nitrogens with zero attached hydrogens (tertiary/aromatic N) is 1. The molecular formula is C20H21NO. The summed E-state index contributed by atoms with van der Waals surface area (Å²) < 4.78 is 0. The predicted molar refractivity (Wildman–Crippen MR) is 92.9 cm³/mol. The first-order valence-electron chi connectivity index (χ1n) is 7.75. The second kappa shape index (κ2) is 5.80. The lowest BCUT2D eigenvalue weighted by Gasteiger charge is -2.19. The summed E-state index contributed by atoms with van der Waals surface area (Å²) in [5.41, 5.74) is 4.39. The Balaban J connectivity index is 2.31. The standard InChI is InChI=1S/C20H21NO/c1-4-19(22)20-15-9-6-5-8-14(15)12-13-17(20)16-10-7-11-18(16)21(2)3/h5-9,11-13H,4,10H2,1-3H3. The van der Waals surface area contributed by atoms with E-state index in [2.05, 4.69) is 41.3 Å². The molecule has 2 heteroatoms. The van der Waals surface area contributed by atoms with E-state index in [4.69, 9.17) is 0 Å². The van der Waals surface area contributed by atoms with E-state index in [0.29, 0.717) is 6.42 Å². The predicted octanol–water partition coefficient (Wildman–Crippen LogP) is 4.67. The average Bonchev–Trinajstić information content (AvgIpc) is 3.02. The van der Waals surface area contributed by atoms with Gasteiger partial charge in [-0.2, -0.15) is 0 Å². The summed E-state index contributed by atoms with van der Waals surface area (Å²) in [6.45, 7) is 1.93. The van der Waals surface area contributed by atoms with Crippen LogP contribution in [0.25, 0.3) is 16.3 Å². The Hall–Kier alpha value is -2.35. The van der Waals surface area contributed by atoms with E-state index in [1.54, 1.807) is 0 Å². The van der Waals surface area contributed by atoms with Gasteiger partial charge in [-0.25, -0.2) is 0 Å². The normalized spacial score (nSPS) is 14.0. The maximum atomic E-state index is 12.6. The van der Waals surface area contributed by atoms with Crippen LogP contribution >= 0.6 is 0 Å². The van der Waals surface area contributed by atoms with E-state index in [1.165, 1.54) is 11.3 Å². The molecule has 1 aliphatic rings. The number of benzene rings is 2. The van der Waals surface area contributed by atoms with Crippen LogP contribution in [0.15, 0.2) is 54.2 Å². The number of hydrogen-bond acceptors (Lipinski definition) is 2. The van der Waals surface area contributed by atoms with Gasteiger partial charge >= 0.3 is 0 Å². The van der Waals surface area contributed by atoms with E-state index in [1.807, 2.05) is 33.2 Å². The van der Waals surface area contributed by atoms with Crippen molar-refractivity contribution in [2.75, 3.05) is 14.1 Å². The fraction of sp³-hybridized carbons (Fsp3) is 0.250. The molecular weight excluding hydrogens is 270 g/mol. The minimum atomic E-state index is 0.212. The van der Waals surface area contributed by atoms with Crippen molar-refractivity contribution in [3.05, 3.63) is 65.4 Å². The van der Waals surface area contributed by atoms with Crippen molar-refractivity contribution in [1.29, 1.82) is 0 Å². The number of Topliss-reactive ketones (excluding diaryl/α,β-unsaturated/α-hetero) is 1. The van der Waals surface area contributed by atoms with Crippen molar-refractivity contribution in [2.24, 2.45) is 0 Å². The fourth-order valence-electron chi connectivity index (χ4n) is 3.16. The highest BCUT2D eigenvalue weighted by atomic mass is 16.1. The van der Waals surface area contributed by atoms with Gasteiger partial charge in [-0.1, -0.05) is 49.4 Å². The third-order valence-electron chi connectivity index (χ3n) is 4.24. The highest BCUT2D eigenvalue weighted by Crippen LogP contribution is 2.35. The maximum absolute atomic E-state index is 12.6. The Morgan fingerprint density at radius 3 is 2.64 bits per heavy atom. The number of rotatable bonds is 4. The maximum Gasteiger partial charge on any atom is 0.163 e. The van der Waals surface area contributed by atoms with Gasteiger partial charge in [-0.15, -0.1) is 0 Å². The molecule has 0 amide bonds. The first-order valence-corrected chi connectivity index (χ1v) is 7.75. The number of allylic oxidation sites excluding steroid dienone is 3. The molecule has 1 aliphatic carbocycles. The molecule has 0 aliphatic heterocycles. The minimum absolute atomic E-state index is 0.212. The van der Waals surface area contributed by atoms with E-state index >= 15 is 0 Å². The Bertz CT molecular complexity index is 796. The molecule has 0 radical (unpaired) electrons. The van der Waals surface area contributed by atoms with Crippen LogP contribution in [0.5, 0.6) is 0 Å². The molecule has 0 N–H and O–H groups in total. The highest BCUT2D eigenvalue weighted by molar-refractivity contribution is 6.12. The van der Waals surface area contributed by atoms with Gasteiger partial charge in [0.2, 0.25) is 0 Å². The van der Waals surface area contributed by atoms with Crippen LogP contribution < -0.4 is 0 Å². The number of likely N-dealkylation sites (N-methyl/N-ethyl adjacent to an activating group) is 1. The molecule has 0 saturated heterocycles. The largest absolute Gasteiger partial charge is 0.377 e. The second-order valence-electron chi connectivity index (χ2n) is 5.85. The van der Waals surface area contributed by atoms with Crippen LogP contribution in [0.1, 0.15) is 35.7 Å². The summed E-state index contributed by atoms with van der Waals surface area (Å²) in [7, 11) is 4.10. The van der Waals surface area contributed by atoms with Gasteiger partial charge in [-0.3, -0.25) is 4.79 Å². The van der Waals surface area contributed by atoms with Crippen LogP contribution in [0.4, 0.5) is 0 Å². The van der Waals surface area contributed by atoms with Crippen molar-refractivity contribution < 1.29 is 4.79 Å². The van der Waals surface area contributed by atoms with Gasteiger partial charge in [0, 0.05) is 31.8 Å². The zero-order valence-electron chi connectivity index (χ0n) is 13.4. The summed E-state index contributed by atoms with van der Waals surface area (Å²) in [6.07, 6.45) is 5.72. The first kappa shape index (κ1) is 14.6. The molecule has 0 aromatic heterocycles. The highest BCUT2D eigenvalue weighted by Gasteiger charge is 2.20. The van der Waals surface area contributed by atoms with E-state index in [0.717, 1.165) is 28.3 Å². The fourth-order valence-corrected chi connectivity index (χ4v) is 3.16. The van der Waals surface area contributed by atoms with Gasteiger partial charge in [0.25, 0.3) is 0 Å². The lowest BCUT2D eigenvalue weighted by molar-refractivity contribution is 0.0989. The van der Waals surface area contributed by atoms with Crippen LogP contribution in [-0.2, 0) is 0 Å². The molecule has 0 atom stereocenters. The first-order chi connectivity index (χ1) is 10.6. The molecule has 2 aromatic rings. The molecule has 0 spiro atoms. The molecule has 0 fully saturated rings. The van der Waals surface area contributed by atoms with Gasteiger partial charge in [0.1, 0.15) is 0 Å². The molecule has 0 unspecified atom stereocenters. The molecule has 2 nitrogen and oxygen atoms in total. The third kappa shape index (κ3) is 2.35. The van der Waals surface area contributed by atoms with Crippen molar-refractivity contribution in [1.82, 2.24) is 4.90 Å². The summed E-state index contributed by atoms with van der Waals surface area (Å²) >= 11 is 0. The van der Waals surface area contributed by atoms with Gasteiger partial charge in [0.15, 0.2) is 5.78 Å². The molecule has 0 saturated carbocycles. The van der Waals surface area contributed by atoms with Crippen molar-refractivity contribution in [3.8, 4) is 0 Å². The van der Waals surface area contributed by atoms with E-state index < -0.39 is 0 Å². The van der Waals surface area contributed by atoms with Gasteiger partial charge in [0.05, 0.1) is 0 Å². The van der Waals surface area contributed by atoms with Gasteiger partial charge in [-0.05, 0) is 34.4 Å². The molecule has 22 heavy (non-hydrogen) atoms. The Labute approximate surface area is 131 Å². The number of carbonyl (C=O) groups is 1. The molecule has 112 valence electrons. The quantitative estimate of drug-likeness (QED) is 0.763. The molecule has 2 aromatic carbocycles. The third-order valence-corrected chi connectivity index (χ3v) is 4.24. The average molecular weight is 291 g/mol. The summed E-state index contributed by atoms with van der Waals surface area (Å²) in [5, 5.41) is 2.19.